The summed E-state index contributed by atoms with van der Waals surface area (Å²) in [6, 6.07) is 12.5. The van der Waals surface area contributed by atoms with Crippen LogP contribution in [0.2, 0.25) is 0 Å². The number of nitrogens with one attached hydrogen (secondary N) is 1. The van der Waals surface area contributed by atoms with E-state index < -0.39 is 40.9 Å². The summed E-state index contributed by atoms with van der Waals surface area (Å²) in [7, 11) is 0. The Morgan fingerprint density at radius 3 is 2.51 bits per heavy atom. The van der Waals surface area contributed by atoms with Crippen molar-refractivity contribution in [2.75, 3.05) is 19.6 Å². The van der Waals surface area contributed by atoms with Gasteiger partial charge in [0.1, 0.15) is 17.2 Å². The van der Waals surface area contributed by atoms with Crippen molar-refractivity contribution in [3.63, 3.8) is 0 Å². The van der Waals surface area contributed by atoms with Gasteiger partial charge in [0.25, 0.3) is 5.91 Å². The molecule has 2 aromatic rings. The summed E-state index contributed by atoms with van der Waals surface area (Å²) < 4.78 is 5.58. The van der Waals surface area contributed by atoms with Crippen LogP contribution in [0.25, 0.3) is 10.8 Å². The van der Waals surface area contributed by atoms with Gasteiger partial charge in [-0.1, -0.05) is 55.3 Å². The molecule has 6 atom stereocenters. The smallest absolute Gasteiger partial charge is 0.330 e. The molecule has 3 fully saturated rings. The molecule has 2 N–H and O–H groups in total. The number of hydrogen-bond donors (Lipinski definition) is 2. The fraction of sp³-hybridized carbons (Fsp3) is 0.541. The minimum absolute atomic E-state index is 0.0934. The third kappa shape index (κ3) is 6.78. The second kappa shape index (κ2) is 12.8. The van der Waals surface area contributed by atoms with Crippen molar-refractivity contribution in [1.29, 1.82) is 0 Å². The molecule has 0 unspecified atom stereocenters. The van der Waals surface area contributed by atoms with E-state index in [9.17, 15) is 29.1 Å². The minimum atomic E-state index is -1.42. The first-order chi connectivity index (χ1) is 22.4. The van der Waals surface area contributed by atoms with Crippen molar-refractivity contribution in [2.24, 2.45) is 23.7 Å². The predicted molar refractivity (Wildman–Crippen MR) is 175 cm³/mol. The minimum Gasteiger partial charge on any atom is -0.479 e. The van der Waals surface area contributed by atoms with Crippen LogP contribution >= 0.6 is 0 Å². The van der Waals surface area contributed by atoms with E-state index in [2.05, 4.69) is 5.32 Å². The highest BCUT2D eigenvalue weighted by Gasteiger charge is 2.62. The molecular weight excluding hydrogens is 598 g/mol. The first-order valence-corrected chi connectivity index (χ1v) is 16.9. The normalized spacial score (nSPS) is 30.3. The zero-order valence-corrected chi connectivity index (χ0v) is 27.4. The Hall–Kier alpha value is -4.21. The highest BCUT2D eigenvalue weighted by molar-refractivity contribution is 5.99. The summed E-state index contributed by atoms with van der Waals surface area (Å²) in [4.78, 5) is 71.0. The second-order valence-electron chi connectivity index (χ2n) is 14.8. The lowest BCUT2D eigenvalue weighted by atomic mass is 9.92. The first kappa shape index (κ1) is 32.7. The van der Waals surface area contributed by atoms with Crippen LogP contribution in [0.5, 0.6) is 0 Å². The first-order valence-electron chi connectivity index (χ1n) is 16.9. The van der Waals surface area contributed by atoms with E-state index in [1.54, 1.807) is 30.6 Å². The molecule has 0 radical (unpaired) electrons. The highest BCUT2D eigenvalue weighted by atomic mass is 16.6. The Morgan fingerprint density at radius 1 is 1.00 bits per heavy atom. The molecule has 0 bridgehead atoms. The molecule has 0 spiro atoms. The van der Waals surface area contributed by atoms with Crippen LogP contribution in [-0.2, 0) is 23.9 Å². The topological polar surface area (TPSA) is 133 Å². The molecule has 2 aromatic carbocycles. The lowest BCUT2D eigenvalue weighted by Gasteiger charge is -2.32. The number of hydrogen-bond acceptors (Lipinski definition) is 6. The Balaban J connectivity index is 1.28. The largest absolute Gasteiger partial charge is 0.479 e. The zero-order valence-electron chi connectivity index (χ0n) is 27.4. The van der Waals surface area contributed by atoms with Gasteiger partial charge in [0.2, 0.25) is 11.8 Å². The molecule has 250 valence electrons. The average molecular weight is 644 g/mol. The molecule has 3 heterocycles. The molecule has 1 saturated carbocycles. The van der Waals surface area contributed by atoms with Crippen LogP contribution in [0, 0.1) is 23.7 Å². The van der Waals surface area contributed by atoms with Gasteiger partial charge in [0.05, 0.1) is 6.42 Å². The predicted octanol–water partition coefficient (Wildman–Crippen LogP) is 4.57. The number of likely N-dealkylation sites (tertiary alicyclic amines) is 1. The van der Waals surface area contributed by atoms with Crippen molar-refractivity contribution in [3.05, 3.63) is 60.2 Å². The standard InChI is InChI=1S/C37H45N3O7/c1-36(2,3)47-30(41)18-25-13-7-5-4-6-8-14-28-19-37(28,35(45)46)38-32(42)31-29-22-39(20-27(29)21-40(31)34(25)44)33(43)26-16-15-23-11-9-10-12-24(23)17-26/h8-12,14-17,25,27-29,31H,4-7,13,18-22H2,1-3H3,(H,38,42)(H,45,46)/b14-8-/t25-,27-,28+,29-,31-,37+/m0/s1. The molecule has 4 aliphatic rings. The van der Waals surface area contributed by atoms with Crippen LogP contribution in [0.3, 0.4) is 0 Å². The molecule has 3 amide bonds. The lowest BCUT2D eigenvalue weighted by Crippen LogP contribution is -2.56. The number of carboxylic acids is 1. The van der Waals surface area contributed by atoms with E-state index in [4.69, 9.17) is 4.74 Å². The van der Waals surface area contributed by atoms with Gasteiger partial charge < -0.3 is 25.0 Å². The lowest BCUT2D eigenvalue weighted by molar-refractivity contribution is -0.159. The molecule has 2 saturated heterocycles. The maximum atomic E-state index is 14.3. The number of benzene rings is 2. The second-order valence-corrected chi connectivity index (χ2v) is 14.8. The number of fused-ring (bicyclic) bond motifs is 5. The van der Waals surface area contributed by atoms with Crippen molar-refractivity contribution in [3.8, 4) is 0 Å². The van der Waals surface area contributed by atoms with Crippen LogP contribution in [0.4, 0.5) is 0 Å². The fourth-order valence-electron chi connectivity index (χ4n) is 7.76. The van der Waals surface area contributed by atoms with Gasteiger partial charge in [-0.2, -0.15) is 0 Å². The van der Waals surface area contributed by atoms with Gasteiger partial charge >= 0.3 is 11.9 Å². The molecule has 10 nitrogen and oxygen atoms in total. The third-order valence-electron chi connectivity index (χ3n) is 10.2. The monoisotopic (exact) mass is 643 g/mol. The molecule has 0 aromatic heterocycles. The number of aliphatic carboxylic acids is 1. The van der Waals surface area contributed by atoms with Gasteiger partial charge in [0.15, 0.2) is 0 Å². The Labute approximate surface area is 275 Å². The van der Waals surface area contributed by atoms with Crippen molar-refractivity contribution >= 4 is 40.4 Å². The fourth-order valence-corrected chi connectivity index (χ4v) is 7.76. The maximum Gasteiger partial charge on any atom is 0.330 e. The van der Waals surface area contributed by atoms with Crippen LogP contribution < -0.4 is 5.32 Å². The number of amides is 3. The number of carboxylic acid groups (broad SMARTS) is 1. The van der Waals surface area contributed by atoms with Gasteiger partial charge in [-0.3, -0.25) is 19.2 Å². The number of rotatable bonds is 4. The van der Waals surface area contributed by atoms with E-state index in [1.807, 2.05) is 54.6 Å². The highest BCUT2D eigenvalue weighted by Crippen LogP contribution is 2.46. The van der Waals surface area contributed by atoms with Crippen molar-refractivity contribution in [2.45, 2.75) is 82.9 Å². The summed E-state index contributed by atoms with van der Waals surface area (Å²) in [6.07, 6.45) is 7.78. The summed E-state index contributed by atoms with van der Waals surface area (Å²) in [5.41, 5.74) is -1.57. The Morgan fingerprint density at radius 2 is 1.77 bits per heavy atom. The Kier molecular flexibility index (Phi) is 8.89. The third-order valence-corrected chi connectivity index (χ3v) is 10.2. The number of carbonyl (C=O) groups excluding carboxylic acids is 4. The van der Waals surface area contributed by atoms with Gasteiger partial charge in [-0.05, 0) is 69.4 Å². The quantitative estimate of drug-likeness (QED) is 0.369. The summed E-state index contributed by atoms with van der Waals surface area (Å²) in [5.74, 6) is -4.05. The molecule has 3 aliphatic heterocycles. The number of esters is 1. The Bertz CT molecular complexity index is 1610. The average Bonchev–Trinajstić information content (AvgIpc) is 3.37. The number of carbonyl (C=O) groups is 5. The van der Waals surface area contributed by atoms with E-state index in [-0.39, 0.29) is 55.5 Å². The van der Waals surface area contributed by atoms with Gasteiger partial charge in [-0.15, -0.1) is 0 Å². The van der Waals surface area contributed by atoms with Crippen LogP contribution in [-0.4, -0.2) is 81.4 Å². The van der Waals surface area contributed by atoms with Crippen molar-refractivity contribution < 1.29 is 33.8 Å². The molecule has 6 rings (SSSR count). The SMILES string of the molecule is CC(C)(C)OC(=O)C[C@@H]1CCCCC/C=C\[C@@H]2C[C@@]2(C(=O)O)NC(=O)[C@@H]2[C@H]3CN(C(=O)c4ccc5ccccc5c4)C[C@H]3CN2C1=O. The van der Waals surface area contributed by atoms with Gasteiger partial charge in [-0.25, -0.2) is 4.79 Å². The van der Waals surface area contributed by atoms with E-state index in [1.165, 1.54) is 0 Å². The number of nitrogens with zero attached hydrogens (tertiary/aromatic N) is 2. The molecule has 1 aliphatic carbocycles. The van der Waals surface area contributed by atoms with Crippen LogP contribution in [0.1, 0.15) is 76.1 Å². The molecule has 10 heteroatoms. The summed E-state index contributed by atoms with van der Waals surface area (Å²) in [6.45, 7) is 6.24. The van der Waals surface area contributed by atoms with E-state index >= 15 is 0 Å². The van der Waals surface area contributed by atoms with E-state index in [0.29, 0.717) is 18.5 Å². The summed E-state index contributed by atoms with van der Waals surface area (Å²) in [5, 5.41) is 15.0. The van der Waals surface area contributed by atoms with Crippen LogP contribution in [0.15, 0.2) is 54.6 Å². The molecule has 47 heavy (non-hydrogen) atoms. The number of allylic oxidation sites excluding steroid dienone is 1. The summed E-state index contributed by atoms with van der Waals surface area (Å²) >= 11 is 0. The zero-order chi connectivity index (χ0) is 33.5. The molecular formula is C37H45N3O7. The van der Waals surface area contributed by atoms with E-state index in [0.717, 1.165) is 36.5 Å². The van der Waals surface area contributed by atoms with Crippen molar-refractivity contribution in [1.82, 2.24) is 15.1 Å². The maximum absolute atomic E-state index is 14.3. The number of ether oxygens (including phenoxy) is 1. The van der Waals surface area contributed by atoms with Gasteiger partial charge in [0, 0.05) is 48.9 Å².